The van der Waals surface area contributed by atoms with Crippen LogP contribution in [0.5, 0.6) is 5.75 Å². The Morgan fingerprint density at radius 1 is 0.970 bits per heavy atom. The SMILES string of the molecule is COC(=O)Cc1ccc(F)cc1OCc1cc(-c2cccc(CN)c2F)c2occc2c1F. The van der Waals surface area contributed by atoms with E-state index < -0.39 is 23.4 Å². The zero-order valence-electron chi connectivity index (χ0n) is 17.7. The van der Waals surface area contributed by atoms with Gasteiger partial charge >= 0.3 is 5.97 Å². The van der Waals surface area contributed by atoms with E-state index in [0.717, 1.165) is 6.07 Å². The second kappa shape index (κ2) is 9.38. The summed E-state index contributed by atoms with van der Waals surface area (Å²) in [5.41, 5.74) is 7.13. The second-order valence-electron chi connectivity index (χ2n) is 7.34. The quantitative estimate of drug-likeness (QED) is 0.384. The molecule has 4 rings (SSSR count). The van der Waals surface area contributed by atoms with Gasteiger partial charge in [0.05, 0.1) is 25.2 Å². The summed E-state index contributed by atoms with van der Waals surface area (Å²) in [6.07, 6.45) is 1.17. The van der Waals surface area contributed by atoms with E-state index in [1.165, 1.54) is 37.6 Å². The number of hydrogen-bond acceptors (Lipinski definition) is 5. The van der Waals surface area contributed by atoms with Gasteiger partial charge in [-0.1, -0.05) is 24.3 Å². The van der Waals surface area contributed by atoms with Crippen LogP contribution in [0.15, 0.2) is 59.2 Å². The van der Waals surface area contributed by atoms with Crippen molar-refractivity contribution in [3.8, 4) is 16.9 Å². The molecule has 1 heterocycles. The molecule has 2 N–H and O–H groups in total. The smallest absolute Gasteiger partial charge is 0.310 e. The number of ether oxygens (including phenoxy) is 2. The van der Waals surface area contributed by atoms with Gasteiger partial charge in [0.2, 0.25) is 0 Å². The Bertz CT molecular complexity index is 1330. The lowest BCUT2D eigenvalue weighted by Crippen LogP contribution is -2.08. The number of carbonyl (C=O) groups excluding carboxylic acids is 1. The van der Waals surface area contributed by atoms with Gasteiger partial charge in [-0.25, -0.2) is 13.2 Å². The summed E-state index contributed by atoms with van der Waals surface area (Å²) in [5.74, 6) is -2.17. The van der Waals surface area contributed by atoms with Crippen molar-refractivity contribution in [1.82, 2.24) is 0 Å². The Balaban J connectivity index is 1.74. The molecule has 0 saturated heterocycles. The van der Waals surface area contributed by atoms with Crippen molar-refractivity contribution in [2.75, 3.05) is 7.11 Å². The highest BCUT2D eigenvalue weighted by molar-refractivity contribution is 5.94. The number of esters is 1. The molecule has 33 heavy (non-hydrogen) atoms. The average Bonchev–Trinajstić information content (AvgIpc) is 3.31. The summed E-state index contributed by atoms with van der Waals surface area (Å²) in [5, 5.41) is 0.151. The molecule has 0 unspecified atom stereocenters. The second-order valence-corrected chi connectivity index (χ2v) is 7.34. The molecule has 0 aliphatic rings. The van der Waals surface area contributed by atoms with Crippen molar-refractivity contribution in [2.24, 2.45) is 5.73 Å². The number of hydrogen-bond donors (Lipinski definition) is 1. The van der Waals surface area contributed by atoms with E-state index in [4.69, 9.17) is 14.9 Å². The minimum atomic E-state index is -0.608. The van der Waals surface area contributed by atoms with E-state index in [1.54, 1.807) is 18.2 Å². The Morgan fingerprint density at radius 3 is 2.55 bits per heavy atom. The van der Waals surface area contributed by atoms with Gasteiger partial charge in [-0.3, -0.25) is 4.79 Å². The van der Waals surface area contributed by atoms with Gasteiger partial charge in [0, 0.05) is 40.4 Å². The topological polar surface area (TPSA) is 74.7 Å². The molecule has 1 aromatic heterocycles. The van der Waals surface area contributed by atoms with Gasteiger partial charge in [0.1, 0.15) is 35.4 Å². The maximum atomic E-state index is 15.2. The number of fused-ring (bicyclic) bond motifs is 1. The standard InChI is InChI=1S/C25H20F3NO4/c1-31-22(30)10-14-5-6-17(26)11-21(14)33-13-16-9-20(25-19(24(16)28)7-8-32-25)18-4-2-3-15(12-29)23(18)27/h2-9,11H,10,12-13,29H2,1H3. The molecule has 0 saturated carbocycles. The zero-order chi connectivity index (χ0) is 23.5. The fraction of sp³-hybridized carbons (Fsp3) is 0.160. The number of methoxy groups -OCH3 is 1. The molecule has 0 radical (unpaired) electrons. The van der Waals surface area contributed by atoms with Crippen molar-refractivity contribution in [1.29, 1.82) is 0 Å². The monoisotopic (exact) mass is 455 g/mol. The Labute approximate surface area is 187 Å². The van der Waals surface area contributed by atoms with Crippen molar-refractivity contribution < 1.29 is 31.9 Å². The van der Waals surface area contributed by atoms with Crippen LogP contribution in [0.4, 0.5) is 13.2 Å². The number of carbonyl (C=O) groups is 1. The molecule has 5 nitrogen and oxygen atoms in total. The third kappa shape index (κ3) is 4.42. The Morgan fingerprint density at radius 2 is 1.79 bits per heavy atom. The number of furan rings is 1. The fourth-order valence-electron chi connectivity index (χ4n) is 3.61. The van der Waals surface area contributed by atoms with Crippen LogP contribution >= 0.6 is 0 Å². The number of nitrogens with two attached hydrogens (primary N) is 1. The number of halogens is 3. The van der Waals surface area contributed by atoms with Crippen molar-refractivity contribution in [3.05, 3.63) is 88.9 Å². The summed E-state index contributed by atoms with van der Waals surface area (Å²) in [6, 6.07) is 11.3. The van der Waals surface area contributed by atoms with Gasteiger partial charge in [0.25, 0.3) is 0 Å². The first-order valence-corrected chi connectivity index (χ1v) is 10.1. The third-order valence-electron chi connectivity index (χ3n) is 5.31. The van der Waals surface area contributed by atoms with E-state index in [9.17, 15) is 13.6 Å². The molecule has 0 aliphatic heterocycles. The average molecular weight is 455 g/mol. The van der Waals surface area contributed by atoms with E-state index in [0.29, 0.717) is 16.7 Å². The molecule has 0 fully saturated rings. The molecule has 3 aromatic carbocycles. The maximum Gasteiger partial charge on any atom is 0.310 e. The maximum absolute atomic E-state index is 15.2. The van der Waals surface area contributed by atoms with Gasteiger partial charge in [0.15, 0.2) is 0 Å². The molecular formula is C25H20F3NO4. The van der Waals surface area contributed by atoms with Gasteiger partial charge < -0.3 is 19.6 Å². The van der Waals surface area contributed by atoms with Crippen LogP contribution in [-0.4, -0.2) is 13.1 Å². The zero-order valence-corrected chi connectivity index (χ0v) is 17.7. The predicted octanol–water partition coefficient (Wildman–Crippen LogP) is 5.27. The highest BCUT2D eigenvalue weighted by Gasteiger charge is 2.20. The van der Waals surface area contributed by atoms with Crippen molar-refractivity contribution >= 4 is 16.9 Å². The molecule has 8 heteroatoms. The van der Waals surface area contributed by atoms with Crippen molar-refractivity contribution in [2.45, 2.75) is 19.6 Å². The van der Waals surface area contributed by atoms with Crippen LogP contribution in [-0.2, 0) is 29.1 Å². The largest absolute Gasteiger partial charge is 0.488 e. The lowest BCUT2D eigenvalue weighted by molar-refractivity contribution is -0.139. The summed E-state index contributed by atoms with van der Waals surface area (Å²) in [6.45, 7) is -0.295. The van der Waals surface area contributed by atoms with E-state index in [-0.39, 0.29) is 47.4 Å². The van der Waals surface area contributed by atoms with E-state index in [1.807, 2.05) is 0 Å². The molecule has 0 aliphatic carbocycles. The lowest BCUT2D eigenvalue weighted by atomic mass is 9.97. The first-order valence-electron chi connectivity index (χ1n) is 10.1. The fourth-order valence-corrected chi connectivity index (χ4v) is 3.61. The van der Waals surface area contributed by atoms with Crippen LogP contribution in [0.1, 0.15) is 16.7 Å². The summed E-state index contributed by atoms with van der Waals surface area (Å²) in [7, 11) is 1.24. The summed E-state index contributed by atoms with van der Waals surface area (Å²) < 4.78 is 59.8. The minimum Gasteiger partial charge on any atom is -0.488 e. The Hall–Kier alpha value is -3.78. The summed E-state index contributed by atoms with van der Waals surface area (Å²) >= 11 is 0. The Kier molecular flexibility index (Phi) is 6.37. The third-order valence-corrected chi connectivity index (χ3v) is 5.31. The normalized spacial score (nSPS) is 11.1. The predicted molar refractivity (Wildman–Crippen MR) is 116 cm³/mol. The first-order chi connectivity index (χ1) is 15.9. The van der Waals surface area contributed by atoms with Crippen LogP contribution in [0.3, 0.4) is 0 Å². The van der Waals surface area contributed by atoms with Gasteiger partial charge in [-0.05, 0) is 18.2 Å². The molecule has 4 aromatic rings. The highest BCUT2D eigenvalue weighted by Crippen LogP contribution is 2.36. The lowest BCUT2D eigenvalue weighted by Gasteiger charge is -2.14. The van der Waals surface area contributed by atoms with Crippen molar-refractivity contribution in [3.63, 3.8) is 0 Å². The molecular weight excluding hydrogens is 435 g/mol. The van der Waals surface area contributed by atoms with Crippen LogP contribution in [0.25, 0.3) is 22.1 Å². The molecule has 170 valence electrons. The van der Waals surface area contributed by atoms with Crippen LogP contribution in [0, 0.1) is 17.5 Å². The molecule has 0 spiro atoms. The molecule has 0 atom stereocenters. The summed E-state index contributed by atoms with van der Waals surface area (Å²) in [4.78, 5) is 11.7. The first kappa shape index (κ1) is 22.4. The number of benzene rings is 3. The minimum absolute atomic E-state index is 0.000671. The molecule has 0 amide bonds. The molecule has 0 bridgehead atoms. The highest BCUT2D eigenvalue weighted by atomic mass is 19.1. The van der Waals surface area contributed by atoms with Gasteiger partial charge in [-0.2, -0.15) is 0 Å². The van der Waals surface area contributed by atoms with Crippen LogP contribution < -0.4 is 10.5 Å². The van der Waals surface area contributed by atoms with Gasteiger partial charge in [-0.15, -0.1) is 0 Å². The number of rotatable bonds is 7. The van der Waals surface area contributed by atoms with E-state index in [2.05, 4.69) is 4.74 Å². The van der Waals surface area contributed by atoms with Crippen LogP contribution in [0.2, 0.25) is 0 Å². The van der Waals surface area contributed by atoms with E-state index >= 15 is 4.39 Å².